The minimum atomic E-state index is -0.836. The van der Waals surface area contributed by atoms with Gasteiger partial charge in [0, 0.05) is 25.2 Å². The summed E-state index contributed by atoms with van der Waals surface area (Å²) in [7, 11) is 1.36. The maximum Gasteiger partial charge on any atom is 0.345 e. The van der Waals surface area contributed by atoms with Crippen LogP contribution >= 0.6 is 11.6 Å². The first-order valence-corrected chi connectivity index (χ1v) is 10.0. The molecule has 0 bridgehead atoms. The third-order valence-electron chi connectivity index (χ3n) is 4.73. The Labute approximate surface area is 193 Å². The van der Waals surface area contributed by atoms with Gasteiger partial charge in [-0.1, -0.05) is 17.7 Å². The summed E-state index contributed by atoms with van der Waals surface area (Å²) in [5.74, 6) is -1.00. The molecular formula is C22H18ClN3O7. The number of non-ortho nitro benzene ring substituents is 1. The number of benzene rings is 2. The van der Waals surface area contributed by atoms with Gasteiger partial charge in [-0.15, -0.1) is 0 Å². The molecule has 1 fully saturated rings. The number of halogens is 1. The lowest BCUT2D eigenvalue weighted by molar-refractivity contribution is -0.384. The van der Waals surface area contributed by atoms with Gasteiger partial charge in [0.2, 0.25) is 0 Å². The van der Waals surface area contributed by atoms with Gasteiger partial charge in [-0.2, -0.15) is 5.26 Å². The van der Waals surface area contributed by atoms with Crippen molar-refractivity contribution in [3.8, 4) is 17.6 Å². The molecule has 0 radical (unpaired) electrons. The summed E-state index contributed by atoms with van der Waals surface area (Å²) < 4.78 is 15.8. The number of nitro groups is 1. The van der Waals surface area contributed by atoms with E-state index < -0.39 is 16.8 Å². The van der Waals surface area contributed by atoms with E-state index in [1.807, 2.05) is 6.07 Å². The molecule has 1 saturated heterocycles. The maximum absolute atomic E-state index is 12.6. The Kier molecular flexibility index (Phi) is 7.61. The third-order valence-corrected chi connectivity index (χ3v) is 5.05. The van der Waals surface area contributed by atoms with E-state index in [9.17, 15) is 25.0 Å². The van der Waals surface area contributed by atoms with Crippen LogP contribution in [0.25, 0.3) is 6.08 Å². The van der Waals surface area contributed by atoms with Crippen LogP contribution in [0.3, 0.4) is 0 Å². The zero-order valence-corrected chi connectivity index (χ0v) is 18.2. The van der Waals surface area contributed by atoms with Crippen molar-refractivity contribution < 1.29 is 28.7 Å². The predicted molar refractivity (Wildman–Crippen MR) is 117 cm³/mol. The number of hydrogen-bond acceptors (Lipinski definition) is 8. The molecule has 3 rings (SSSR count). The van der Waals surface area contributed by atoms with Crippen molar-refractivity contribution in [2.75, 3.05) is 33.4 Å². The van der Waals surface area contributed by atoms with Gasteiger partial charge in [0.25, 0.3) is 11.6 Å². The minimum absolute atomic E-state index is 0.0543. The number of amides is 1. The molecule has 0 unspecified atom stereocenters. The standard InChI is InChI=1S/C22H18ClN3O7/c1-31-20-11-14(10-15(13-24)21(27)25-6-8-32-9-7-25)2-5-19(20)33-22(28)17-4-3-16(26(29)30)12-18(17)23/h2-5,10-12H,6-9H2,1H3/b15-10+. The third kappa shape index (κ3) is 5.65. The second-order valence-electron chi connectivity index (χ2n) is 6.80. The quantitative estimate of drug-likeness (QED) is 0.156. The monoisotopic (exact) mass is 471 g/mol. The normalized spacial score (nSPS) is 13.7. The highest BCUT2D eigenvalue weighted by Crippen LogP contribution is 2.31. The van der Waals surface area contributed by atoms with E-state index >= 15 is 0 Å². The van der Waals surface area contributed by atoms with Crippen LogP contribution in [0.5, 0.6) is 11.5 Å². The molecule has 1 heterocycles. The summed E-state index contributed by atoms with van der Waals surface area (Å²) in [5.41, 5.74) is 0.112. The van der Waals surface area contributed by atoms with Crippen LogP contribution in [0.2, 0.25) is 5.02 Å². The minimum Gasteiger partial charge on any atom is -0.493 e. The first-order valence-electron chi connectivity index (χ1n) is 9.67. The topological polar surface area (TPSA) is 132 Å². The van der Waals surface area contributed by atoms with Gasteiger partial charge in [-0.25, -0.2) is 4.79 Å². The van der Waals surface area contributed by atoms with Crippen molar-refractivity contribution in [1.82, 2.24) is 4.90 Å². The Bertz CT molecular complexity index is 1170. The Morgan fingerprint density at radius 1 is 1.21 bits per heavy atom. The second-order valence-corrected chi connectivity index (χ2v) is 7.20. The molecular weight excluding hydrogens is 454 g/mol. The number of esters is 1. The highest BCUT2D eigenvalue weighted by atomic mass is 35.5. The highest BCUT2D eigenvalue weighted by Gasteiger charge is 2.21. The maximum atomic E-state index is 12.6. The molecule has 0 spiro atoms. The van der Waals surface area contributed by atoms with E-state index in [1.165, 1.54) is 31.4 Å². The molecule has 1 aliphatic heterocycles. The lowest BCUT2D eigenvalue weighted by Gasteiger charge is -2.26. The molecule has 2 aromatic rings. The van der Waals surface area contributed by atoms with Crippen molar-refractivity contribution in [1.29, 1.82) is 5.26 Å². The lowest BCUT2D eigenvalue weighted by Crippen LogP contribution is -2.41. The molecule has 0 N–H and O–H groups in total. The molecule has 1 aliphatic rings. The largest absolute Gasteiger partial charge is 0.493 e. The van der Waals surface area contributed by atoms with Gasteiger partial charge in [0.15, 0.2) is 11.5 Å². The lowest BCUT2D eigenvalue weighted by atomic mass is 10.1. The number of rotatable bonds is 6. The summed E-state index contributed by atoms with van der Waals surface area (Å²) in [5, 5.41) is 20.1. The van der Waals surface area contributed by atoms with Gasteiger partial charge in [-0.3, -0.25) is 14.9 Å². The zero-order chi connectivity index (χ0) is 24.0. The molecule has 0 aliphatic carbocycles. The number of morpholine rings is 1. The smallest absolute Gasteiger partial charge is 0.345 e. The van der Waals surface area contributed by atoms with Gasteiger partial charge in [-0.05, 0) is 29.8 Å². The Morgan fingerprint density at radius 3 is 2.55 bits per heavy atom. The Morgan fingerprint density at radius 2 is 1.94 bits per heavy atom. The molecule has 0 aromatic heterocycles. The Hall–Kier alpha value is -3.94. The van der Waals surface area contributed by atoms with Gasteiger partial charge >= 0.3 is 5.97 Å². The van der Waals surface area contributed by atoms with E-state index in [4.69, 9.17) is 25.8 Å². The summed E-state index contributed by atoms with van der Waals surface area (Å²) in [6.45, 7) is 1.64. The molecule has 10 nitrogen and oxygen atoms in total. The Balaban J connectivity index is 1.81. The van der Waals surface area contributed by atoms with Crippen LogP contribution in [0.15, 0.2) is 42.0 Å². The van der Waals surface area contributed by atoms with E-state index in [-0.39, 0.29) is 33.3 Å². The van der Waals surface area contributed by atoms with Crippen molar-refractivity contribution >= 4 is 35.2 Å². The summed E-state index contributed by atoms with van der Waals surface area (Å²) >= 11 is 5.98. The molecule has 33 heavy (non-hydrogen) atoms. The van der Waals surface area contributed by atoms with Crippen molar-refractivity contribution in [2.24, 2.45) is 0 Å². The first-order chi connectivity index (χ1) is 15.8. The second kappa shape index (κ2) is 10.6. The van der Waals surface area contributed by atoms with Crippen molar-refractivity contribution in [3.63, 3.8) is 0 Å². The van der Waals surface area contributed by atoms with E-state index in [0.717, 1.165) is 12.1 Å². The number of hydrogen-bond donors (Lipinski definition) is 0. The fourth-order valence-electron chi connectivity index (χ4n) is 3.04. The van der Waals surface area contributed by atoms with Gasteiger partial charge < -0.3 is 19.1 Å². The summed E-state index contributed by atoms with van der Waals surface area (Å²) in [4.78, 5) is 36.8. The van der Waals surface area contributed by atoms with Gasteiger partial charge in [0.05, 0.1) is 35.8 Å². The number of nitrogens with zero attached hydrogens (tertiary/aromatic N) is 3. The molecule has 1 amide bonds. The van der Waals surface area contributed by atoms with Crippen molar-refractivity contribution in [3.05, 3.63) is 68.2 Å². The molecule has 2 aromatic carbocycles. The van der Waals surface area contributed by atoms with E-state index in [1.54, 1.807) is 11.0 Å². The van der Waals surface area contributed by atoms with Crippen LogP contribution in [0.4, 0.5) is 5.69 Å². The predicted octanol–water partition coefficient (Wildman–Crippen LogP) is 3.24. The number of methoxy groups -OCH3 is 1. The molecule has 0 atom stereocenters. The van der Waals surface area contributed by atoms with Crippen LogP contribution in [-0.4, -0.2) is 55.1 Å². The average molecular weight is 472 g/mol. The van der Waals surface area contributed by atoms with Crippen LogP contribution in [0.1, 0.15) is 15.9 Å². The van der Waals surface area contributed by atoms with E-state index in [0.29, 0.717) is 31.9 Å². The van der Waals surface area contributed by atoms with Crippen LogP contribution < -0.4 is 9.47 Å². The van der Waals surface area contributed by atoms with Gasteiger partial charge in [0.1, 0.15) is 11.6 Å². The van der Waals surface area contributed by atoms with Crippen LogP contribution in [-0.2, 0) is 9.53 Å². The number of carbonyl (C=O) groups is 2. The fourth-order valence-corrected chi connectivity index (χ4v) is 3.29. The zero-order valence-electron chi connectivity index (χ0n) is 17.4. The average Bonchev–Trinajstić information content (AvgIpc) is 2.83. The first kappa shape index (κ1) is 23.7. The SMILES string of the molecule is COc1cc(/C=C(\C#N)C(=O)N2CCOCC2)ccc1OC(=O)c1ccc([N+](=O)[O-])cc1Cl. The van der Waals surface area contributed by atoms with E-state index in [2.05, 4.69) is 0 Å². The number of ether oxygens (including phenoxy) is 3. The van der Waals surface area contributed by atoms with Crippen molar-refractivity contribution in [2.45, 2.75) is 0 Å². The fraction of sp³-hybridized carbons (Fsp3) is 0.227. The summed E-state index contributed by atoms with van der Waals surface area (Å²) in [6.07, 6.45) is 1.42. The highest BCUT2D eigenvalue weighted by molar-refractivity contribution is 6.33. The summed E-state index contributed by atoms with van der Waals surface area (Å²) in [6, 6.07) is 9.80. The number of carbonyl (C=O) groups excluding carboxylic acids is 2. The number of nitro benzene ring substituents is 1. The molecule has 0 saturated carbocycles. The number of nitriles is 1. The van der Waals surface area contributed by atoms with Crippen LogP contribution in [0, 0.1) is 21.4 Å². The molecule has 170 valence electrons. The molecule has 11 heteroatoms.